The van der Waals surface area contributed by atoms with Crippen LogP contribution in [0.2, 0.25) is 0 Å². The van der Waals surface area contributed by atoms with Gasteiger partial charge in [0.15, 0.2) is 0 Å². The van der Waals surface area contributed by atoms with Gasteiger partial charge in [-0.1, -0.05) is 6.42 Å². The molecule has 2 unspecified atom stereocenters. The molecule has 0 bridgehead atoms. The van der Waals surface area contributed by atoms with Crippen molar-refractivity contribution in [2.45, 2.75) is 25.7 Å². The van der Waals surface area contributed by atoms with Gasteiger partial charge in [0.25, 0.3) is 0 Å². The normalized spacial score (nSPS) is 27.4. The van der Waals surface area contributed by atoms with Gasteiger partial charge in [-0.3, -0.25) is 9.59 Å². The molecule has 1 fully saturated rings. The second-order valence-corrected chi connectivity index (χ2v) is 3.24. The molecular formula is C8H12O4Zn. The van der Waals surface area contributed by atoms with Crippen LogP contribution in [-0.2, 0) is 29.1 Å². The number of carboxylic acids is 2. The van der Waals surface area contributed by atoms with Crippen molar-refractivity contribution in [2.75, 3.05) is 0 Å². The van der Waals surface area contributed by atoms with Gasteiger partial charge in [0.1, 0.15) is 0 Å². The molecule has 2 N–H and O–H groups in total. The maximum atomic E-state index is 10.5. The molecule has 0 radical (unpaired) electrons. The largest absolute Gasteiger partial charge is 0.481 e. The van der Waals surface area contributed by atoms with Gasteiger partial charge in [0.05, 0.1) is 11.8 Å². The summed E-state index contributed by atoms with van der Waals surface area (Å²) in [4.78, 5) is 21.1. The molecule has 0 aromatic rings. The summed E-state index contributed by atoms with van der Waals surface area (Å²) in [6.07, 6.45) is 2.26. The van der Waals surface area contributed by atoms with Crippen molar-refractivity contribution < 1.29 is 39.3 Å². The SMILES string of the molecule is O=C(O)C1CCCC(C(=O)O)C1.[Zn]. The summed E-state index contributed by atoms with van der Waals surface area (Å²) in [6, 6.07) is 0. The molecule has 1 saturated carbocycles. The molecule has 0 saturated heterocycles. The fraction of sp³-hybridized carbons (Fsp3) is 0.750. The molecule has 0 aromatic heterocycles. The van der Waals surface area contributed by atoms with E-state index < -0.39 is 23.8 Å². The molecule has 0 aromatic carbocycles. The first-order valence-corrected chi connectivity index (χ1v) is 4.07. The maximum Gasteiger partial charge on any atom is 0.306 e. The molecule has 0 amide bonds. The van der Waals surface area contributed by atoms with Crippen LogP contribution in [0.25, 0.3) is 0 Å². The van der Waals surface area contributed by atoms with Crippen LogP contribution >= 0.6 is 0 Å². The zero-order valence-corrected chi connectivity index (χ0v) is 10.4. The van der Waals surface area contributed by atoms with Crippen LogP contribution in [0, 0.1) is 11.8 Å². The van der Waals surface area contributed by atoms with Gasteiger partial charge in [0, 0.05) is 19.5 Å². The Balaban J connectivity index is 0.00000144. The summed E-state index contributed by atoms with van der Waals surface area (Å²) in [5.41, 5.74) is 0. The molecule has 0 aliphatic heterocycles. The quantitative estimate of drug-likeness (QED) is 0.702. The van der Waals surface area contributed by atoms with Crippen molar-refractivity contribution in [2.24, 2.45) is 11.8 Å². The van der Waals surface area contributed by atoms with Crippen molar-refractivity contribution >= 4 is 11.9 Å². The molecule has 5 heteroatoms. The Morgan fingerprint density at radius 1 is 1.00 bits per heavy atom. The Labute approximate surface area is 89.1 Å². The number of hydrogen-bond donors (Lipinski definition) is 2. The van der Waals surface area contributed by atoms with Crippen LogP contribution in [0.4, 0.5) is 0 Å². The minimum absolute atomic E-state index is 0. The van der Waals surface area contributed by atoms with Gasteiger partial charge in [-0.2, -0.15) is 0 Å². The monoisotopic (exact) mass is 236 g/mol. The van der Waals surface area contributed by atoms with Gasteiger partial charge in [0.2, 0.25) is 0 Å². The zero-order valence-electron chi connectivity index (χ0n) is 7.40. The Hall–Kier alpha value is -0.437. The minimum atomic E-state index is -0.860. The predicted molar refractivity (Wildman–Crippen MR) is 40.7 cm³/mol. The molecule has 1 rings (SSSR count). The Morgan fingerprint density at radius 3 is 1.69 bits per heavy atom. The van der Waals surface area contributed by atoms with Crippen molar-refractivity contribution in [1.29, 1.82) is 0 Å². The van der Waals surface area contributed by atoms with E-state index in [9.17, 15) is 9.59 Å². The van der Waals surface area contributed by atoms with E-state index in [1.54, 1.807) is 0 Å². The molecule has 0 heterocycles. The van der Waals surface area contributed by atoms with E-state index in [0.29, 0.717) is 25.7 Å². The summed E-state index contributed by atoms with van der Waals surface area (Å²) >= 11 is 0. The number of carboxylic acid groups (broad SMARTS) is 2. The van der Waals surface area contributed by atoms with Gasteiger partial charge in [-0.25, -0.2) is 0 Å². The van der Waals surface area contributed by atoms with Gasteiger partial charge >= 0.3 is 11.9 Å². The number of aliphatic carboxylic acids is 2. The van der Waals surface area contributed by atoms with Crippen LogP contribution in [0.15, 0.2) is 0 Å². The summed E-state index contributed by atoms with van der Waals surface area (Å²) in [7, 11) is 0. The summed E-state index contributed by atoms with van der Waals surface area (Å²) < 4.78 is 0. The van der Waals surface area contributed by atoms with Gasteiger partial charge in [-0.15, -0.1) is 0 Å². The van der Waals surface area contributed by atoms with Crippen LogP contribution in [-0.4, -0.2) is 22.2 Å². The summed E-state index contributed by atoms with van der Waals surface area (Å²) in [5.74, 6) is -2.61. The maximum absolute atomic E-state index is 10.5. The Morgan fingerprint density at radius 2 is 1.38 bits per heavy atom. The van der Waals surface area contributed by atoms with Crippen LogP contribution in [0.1, 0.15) is 25.7 Å². The minimum Gasteiger partial charge on any atom is -0.481 e. The molecule has 13 heavy (non-hydrogen) atoms. The summed E-state index contributed by atoms with van der Waals surface area (Å²) in [5, 5.41) is 17.3. The molecule has 1 aliphatic carbocycles. The van der Waals surface area contributed by atoms with E-state index in [1.165, 1.54) is 0 Å². The van der Waals surface area contributed by atoms with Gasteiger partial charge in [-0.05, 0) is 19.3 Å². The van der Waals surface area contributed by atoms with E-state index in [1.807, 2.05) is 0 Å². The zero-order chi connectivity index (χ0) is 9.14. The first-order chi connectivity index (χ1) is 5.61. The second-order valence-electron chi connectivity index (χ2n) is 3.24. The first-order valence-electron chi connectivity index (χ1n) is 4.07. The van der Waals surface area contributed by atoms with E-state index in [-0.39, 0.29) is 19.5 Å². The average molecular weight is 238 g/mol. The number of hydrogen-bond acceptors (Lipinski definition) is 2. The van der Waals surface area contributed by atoms with E-state index in [2.05, 4.69) is 0 Å². The molecule has 2 atom stereocenters. The van der Waals surface area contributed by atoms with Crippen LogP contribution in [0.5, 0.6) is 0 Å². The molecule has 1 aliphatic rings. The van der Waals surface area contributed by atoms with Crippen molar-refractivity contribution in [3.05, 3.63) is 0 Å². The Kier molecular flexibility index (Phi) is 5.15. The third kappa shape index (κ3) is 3.43. The van der Waals surface area contributed by atoms with Crippen molar-refractivity contribution in [3.8, 4) is 0 Å². The first kappa shape index (κ1) is 12.6. The van der Waals surface area contributed by atoms with Crippen LogP contribution < -0.4 is 0 Å². The topological polar surface area (TPSA) is 74.6 Å². The van der Waals surface area contributed by atoms with Gasteiger partial charge < -0.3 is 10.2 Å². The third-order valence-corrected chi connectivity index (χ3v) is 2.37. The smallest absolute Gasteiger partial charge is 0.306 e. The molecule has 0 spiro atoms. The van der Waals surface area contributed by atoms with E-state index in [0.717, 1.165) is 0 Å². The predicted octanol–water partition coefficient (Wildman–Crippen LogP) is 0.960. The standard InChI is InChI=1S/C8H12O4.Zn/c9-7(10)5-2-1-3-6(4-5)8(11)12;/h5-6H,1-4H2,(H,9,10)(H,11,12);. The fourth-order valence-corrected chi connectivity index (χ4v) is 1.64. The average Bonchev–Trinajstić information content (AvgIpc) is 2.04. The third-order valence-electron chi connectivity index (χ3n) is 2.37. The molecule has 70 valence electrons. The van der Waals surface area contributed by atoms with Crippen molar-refractivity contribution in [1.82, 2.24) is 0 Å². The fourth-order valence-electron chi connectivity index (χ4n) is 1.64. The second kappa shape index (κ2) is 5.33. The van der Waals surface area contributed by atoms with E-state index in [4.69, 9.17) is 10.2 Å². The number of carbonyl (C=O) groups is 2. The number of rotatable bonds is 2. The van der Waals surface area contributed by atoms with Crippen LogP contribution in [0.3, 0.4) is 0 Å². The Bertz CT molecular complexity index is 184. The summed E-state index contributed by atoms with van der Waals surface area (Å²) in [6.45, 7) is 0. The van der Waals surface area contributed by atoms with Crippen molar-refractivity contribution in [3.63, 3.8) is 0 Å². The van der Waals surface area contributed by atoms with E-state index >= 15 is 0 Å². The molecule has 4 nitrogen and oxygen atoms in total. The molecular weight excluding hydrogens is 225 g/mol.